The summed E-state index contributed by atoms with van der Waals surface area (Å²) in [5, 5.41) is 0. The molecule has 0 radical (unpaired) electrons. The second-order valence-corrected chi connectivity index (χ2v) is 5.46. The van der Waals surface area contributed by atoms with Crippen LogP contribution in [0.5, 0.6) is 0 Å². The third-order valence-corrected chi connectivity index (χ3v) is 3.76. The minimum atomic E-state index is 0.996. The lowest BCUT2D eigenvalue weighted by Crippen LogP contribution is -1.86. The standard InChI is InChI=1S/C22H20/c1-3-7-19(8-4-1)11-13-21-15-17-22(18-16-21)14-12-20-9-5-2-6-10-20/h1-9,11-13,15-18H,10,14H2/b13-11+,20-12-. The Labute approximate surface area is 132 Å². The summed E-state index contributed by atoms with van der Waals surface area (Å²) in [6, 6.07) is 19.2. The van der Waals surface area contributed by atoms with Crippen LogP contribution in [0.3, 0.4) is 0 Å². The normalized spacial score (nSPS) is 15.7. The van der Waals surface area contributed by atoms with Crippen LogP contribution in [0.2, 0.25) is 0 Å². The van der Waals surface area contributed by atoms with E-state index < -0.39 is 0 Å². The van der Waals surface area contributed by atoms with Crippen molar-refractivity contribution in [3.05, 3.63) is 107 Å². The van der Waals surface area contributed by atoms with Gasteiger partial charge in [0, 0.05) is 0 Å². The van der Waals surface area contributed by atoms with Gasteiger partial charge >= 0.3 is 0 Å². The third kappa shape index (κ3) is 4.20. The number of hydrogen-bond acceptors (Lipinski definition) is 0. The Hall–Kier alpha value is -2.60. The predicted molar refractivity (Wildman–Crippen MR) is 96.5 cm³/mol. The molecule has 0 fully saturated rings. The maximum atomic E-state index is 2.31. The van der Waals surface area contributed by atoms with E-state index in [0.29, 0.717) is 0 Å². The van der Waals surface area contributed by atoms with Gasteiger partial charge < -0.3 is 0 Å². The third-order valence-electron chi connectivity index (χ3n) is 3.76. The average molecular weight is 284 g/mol. The van der Waals surface area contributed by atoms with E-state index in [1.54, 1.807) is 0 Å². The second-order valence-electron chi connectivity index (χ2n) is 5.46. The molecule has 3 rings (SSSR count). The summed E-state index contributed by atoms with van der Waals surface area (Å²) in [4.78, 5) is 0. The van der Waals surface area contributed by atoms with Crippen LogP contribution in [0.4, 0.5) is 0 Å². The lowest BCUT2D eigenvalue weighted by Gasteiger charge is -2.03. The van der Waals surface area contributed by atoms with E-state index in [0.717, 1.165) is 12.8 Å². The molecule has 1 aliphatic carbocycles. The summed E-state index contributed by atoms with van der Waals surface area (Å²) >= 11 is 0. The first-order valence-electron chi connectivity index (χ1n) is 7.74. The molecule has 2 aromatic carbocycles. The highest BCUT2D eigenvalue weighted by Gasteiger charge is 1.95. The largest absolute Gasteiger partial charge is 0.0801 e. The van der Waals surface area contributed by atoms with Crippen LogP contribution in [0.1, 0.15) is 23.1 Å². The highest BCUT2D eigenvalue weighted by molar-refractivity contribution is 5.69. The lowest BCUT2D eigenvalue weighted by molar-refractivity contribution is 1.18. The van der Waals surface area contributed by atoms with E-state index in [1.165, 1.54) is 22.3 Å². The van der Waals surface area contributed by atoms with Gasteiger partial charge in [0.25, 0.3) is 0 Å². The van der Waals surface area contributed by atoms with Gasteiger partial charge in [0.2, 0.25) is 0 Å². The van der Waals surface area contributed by atoms with Crippen molar-refractivity contribution in [1.82, 2.24) is 0 Å². The first-order chi connectivity index (χ1) is 10.9. The van der Waals surface area contributed by atoms with Gasteiger partial charge in [0.05, 0.1) is 0 Å². The topological polar surface area (TPSA) is 0 Å². The van der Waals surface area contributed by atoms with Crippen LogP contribution >= 0.6 is 0 Å². The molecule has 0 saturated carbocycles. The number of hydrogen-bond donors (Lipinski definition) is 0. The van der Waals surface area contributed by atoms with Crippen LogP contribution < -0.4 is 0 Å². The van der Waals surface area contributed by atoms with Crippen molar-refractivity contribution < 1.29 is 0 Å². The van der Waals surface area contributed by atoms with Gasteiger partial charge in [-0.1, -0.05) is 97.1 Å². The van der Waals surface area contributed by atoms with E-state index in [9.17, 15) is 0 Å². The van der Waals surface area contributed by atoms with E-state index in [4.69, 9.17) is 0 Å². The molecule has 0 aliphatic heterocycles. The van der Waals surface area contributed by atoms with Crippen LogP contribution in [0.15, 0.2) is 90.6 Å². The van der Waals surface area contributed by atoms with Crippen molar-refractivity contribution in [3.63, 3.8) is 0 Å². The zero-order valence-corrected chi connectivity index (χ0v) is 12.7. The predicted octanol–water partition coefficient (Wildman–Crippen LogP) is 5.84. The molecule has 0 unspecified atom stereocenters. The zero-order valence-electron chi connectivity index (χ0n) is 12.7. The van der Waals surface area contributed by atoms with Gasteiger partial charge in [-0.15, -0.1) is 0 Å². The smallest absolute Gasteiger partial charge is 0.00915 e. The first-order valence-corrected chi connectivity index (χ1v) is 7.74. The molecule has 0 bridgehead atoms. The molecule has 0 heterocycles. The number of benzene rings is 2. The van der Waals surface area contributed by atoms with Crippen molar-refractivity contribution in [1.29, 1.82) is 0 Å². The van der Waals surface area contributed by atoms with Crippen molar-refractivity contribution in [2.24, 2.45) is 0 Å². The van der Waals surface area contributed by atoms with Gasteiger partial charge in [-0.05, 0) is 35.1 Å². The molecule has 0 atom stereocenters. The minimum absolute atomic E-state index is 0.996. The van der Waals surface area contributed by atoms with Gasteiger partial charge in [0.15, 0.2) is 0 Å². The molecule has 0 heteroatoms. The van der Waals surface area contributed by atoms with Crippen molar-refractivity contribution in [2.45, 2.75) is 12.8 Å². The molecule has 0 N–H and O–H groups in total. The van der Waals surface area contributed by atoms with Crippen molar-refractivity contribution in [3.8, 4) is 0 Å². The molecule has 0 saturated heterocycles. The van der Waals surface area contributed by atoms with Crippen molar-refractivity contribution in [2.75, 3.05) is 0 Å². The maximum Gasteiger partial charge on any atom is -0.00915 e. The molecule has 0 nitrogen and oxygen atoms in total. The Morgan fingerprint density at radius 1 is 0.773 bits per heavy atom. The first kappa shape index (κ1) is 14.3. The summed E-state index contributed by atoms with van der Waals surface area (Å²) in [6.45, 7) is 0. The number of rotatable bonds is 4. The molecular weight excluding hydrogens is 264 g/mol. The van der Waals surface area contributed by atoms with E-state index in [2.05, 4.69) is 91.1 Å². The summed E-state index contributed by atoms with van der Waals surface area (Å²) < 4.78 is 0. The molecule has 0 amide bonds. The van der Waals surface area contributed by atoms with Crippen LogP contribution in [0, 0.1) is 0 Å². The van der Waals surface area contributed by atoms with Gasteiger partial charge in [-0.3, -0.25) is 0 Å². The monoisotopic (exact) mass is 284 g/mol. The SMILES string of the molecule is C1=CC/C(=C\Cc2ccc(/C=C/c3ccccc3)cc2)C=C1. The average Bonchev–Trinajstić information content (AvgIpc) is 2.61. The quantitative estimate of drug-likeness (QED) is 0.618. The summed E-state index contributed by atoms with van der Waals surface area (Å²) in [6.07, 6.45) is 17.3. The lowest BCUT2D eigenvalue weighted by atomic mass is 10.0. The van der Waals surface area contributed by atoms with Gasteiger partial charge in [-0.25, -0.2) is 0 Å². The highest BCUT2D eigenvalue weighted by atomic mass is 14.0. The molecule has 108 valence electrons. The fourth-order valence-electron chi connectivity index (χ4n) is 2.45. The van der Waals surface area contributed by atoms with Gasteiger partial charge in [0.1, 0.15) is 0 Å². The van der Waals surface area contributed by atoms with Gasteiger partial charge in [-0.2, -0.15) is 0 Å². The maximum absolute atomic E-state index is 2.31. The molecule has 2 aromatic rings. The number of allylic oxidation sites excluding steroid dienone is 6. The summed E-state index contributed by atoms with van der Waals surface area (Å²) in [5.74, 6) is 0. The molecule has 1 aliphatic rings. The fourth-order valence-corrected chi connectivity index (χ4v) is 2.45. The Balaban J connectivity index is 1.62. The zero-order chi connectivity index (χ0) is 15.0. The Morgan fingerprint density at radius 3 is 2.18 bits per heavy atom. The van der Waals surface area contributed by atoms with Crippen LogP contribution in [0.25, 0.3) is 12.2 Å². The Bertz CT molecular complexity index is 710. The molecule has 22 heavy (non-hydrogen) atoms. The van der Waals surface area contributed by atoms with Crippen LogP contribution in [-0.2, 0) is 6.42 Å². The fraction of sp³-hybridized carbons (Fsp3) is 0.0909. The Morgan fingerprint density at radius 2 is 1.50 bits per heavy atom. The van der Waals surface area contributed by atoms with Crippen LogP contribution in [-0.4, -0.2) is 0 Å². The molecule has 0 spiro atoms. The second kappa shape index (κ2) is 7.42. The summed E-state index contributed by atoms with van der Waals surface area (Å²) in [5.41, 5.74) is 5.22. The Kier molecular flexibility index (Phi) is 4.84. The highest BCUT2D eigenvalue weighted by Crippen LogP contribution is 2.14. The van der Waals surface area contributed by atoms with Crippen molar-refractivity contribution >= 4 is 12.2 Å². The molecule has 0 aromatic heterocycles. The molecular formula is C22H20. The van der Waals surface area contributed by atoms with E-state index >= 15 is 0 Å². The summed E-state index contributed by atoms with van der Waals surface area (Å²) in [7, 11) is 0. The van der Waals surface area contributed by atoms with E-state index in [-0.39, 0.29) is 0 Å². The van der Waals surface area contributed by atoms with E-state index in [1.807, 2.05) is 6.07 Å². The minimum Gasteiger partial charge on any atom is -0.0801 e.